The van der Waals surface area contributed by atoms with Crippen LogP contribution in [0.5, 0.6) is 0 Å². The van der Waals surface area contributed by atoms with Crippen molar-refractivity contribution in [1.82, 2.24) is 0 Å². The van der Waals surface area contributed by atoms with Gasteiger partial charge >= 0.3 is 0 Å². The summed E-state index contributed by atoms with van der Waals surface area (Å²) in [6.07, 6.45) is 4.01. The van der Waals surface area contributed by atoms with Gasteiger partial charge in [0.25, 0.3) is 0 Å². The Hall–Kier alpha value is -1.06. The highest BCUT2D eigenvalue weighted by Crippen LogP contribution is 2.45. The van der Waals surface area contributed by atoms with Gasteiger partial charge < -0.3 is 0 Å². The average Bonchev–Trinajstić information content (AvgIpc) is 2.74. The molecule has 2 rings (SSSR count). The van der Waals surface area contributed by atoms with E-state index in [1.807, 2.05) is 0 Å². The Morgan fingerprint density at radius 3 is 2.53 bits per heavy atom. The van der Waals surface area contributed by atoms with E-state index in [0.717, 1.165) is 12.8 Å². The third-order valence-corrected chi connectivity index (χ3v) is 3.81. The highest BCUT2D eigenvalue weighted by atomic mass is 79.9. The van der Waals surface area contributed by atoms with E-state index in [4.69, 9.17) is 0 Å². The van der Waals surface area contributed by atoms with E-state index < -0.39 is 17.2 Å². The second kappa shape index (κ2) is 4.67. The summed E-state index contributed by atoms with van der Waals surface area (Å²) < 4.78 is 28.0. The third-order valence-electron chi connectivity index (χ3n) is 3.20. The van der Waals surface area contributed by atoms with Crippen molar-refractivity contribution in [2.75, 3.05) is 0 Å². The first-order valence-electron chi connectivity index (χ1n) is 5.34. The summed E-state index contributed by atoms with van der Waals surface area (Å²) in [6, 6.07) is 2.49. The number of isocyanates is 1. The fraction of sp³-hybridized carbons (Fsp3) is 0.417. The predicted molar refractivity (Wildman–Crippen MR) is 62.3 cm³/mol. The summed E-state index contributed by atoms with van der Waals surface area (Å²) in [6.45, 7) is 0. The molecule has 1 aromatic rings. The summed E-state index contributed by atoms with van der Waals surface area (Å²) in [5.74, 6) is -1.34. The highest BCUT2D eigenvalue weighted by Gasteiger charge is 2.40. The standard InChI is InChI=1S/C12H10BrF2NO/c13-8-3-4-9(14)10(11(8)15)12(16-7-17)5-1-2-6-12/h3-4H,1-2,5-6H2. The van der Waals surface area contributed by atoms with E-state index in [2.05, 4.69) is 20.9 Å². The number of benzene rings is 1. The molecule has 0 aromatic heterocycles. The molecular formula is C12H10BrF2NO. The van der Waals surface area contributed by atoms with Crippen LogP contribution in [0.2, 0.25) is 0 Å². The summed E-state index contributed by atoms with van der Waals surface area (Å²) in [5, 5.41) is 0. The van der Waals surface area contributed by atoms with E-state index in [-0.39, 0.29) is 10.0 Å². The number of halogens is 3. The van der Waals surface area contributed by atoms with E-state index >= 15 is 0 Å². The van der Waals surface area contributed by atoms with Crippen LogP contribution >= 0.6 is 15.9 Å². The molecule has 1 aliphatic rings. The molecule has 0 radical (unpaired) electrons. The van der Waals surface area contributed by atoms with Crippen LogP contribution in [0, 0.1) is 11.6 Å². The van der Waals surface area contributed by atoms with Gasteiger partial charge in [-0.15, -0.1) is 0 Å². The number of hydrogen-bond donors (Lipinski definition) is 0. The van der Waals surface area contributed by atoms with Gasteiger partial charge in [-0.2, -0.15) is 4.99 Å². The molecule has 0 aliphatic heterocycles. The molecule has 2 nitrogen and oxygen atoms in total. The first-order chi connectivity index (χ1) is 8.10. The molecule has 0 saturated heterocycles. The average molecular weight is 302 g/mol. The van der Waals surface area contributed by atoms with Crippen molar-refractivity contribution in [2.24, 2.45) is 4.99 Å². The zero-order chi connectivity index (χ0) is 12.5. The Morgan fingerprint density at radius 1 is 1.29 bits per heavy atom. The topological polar surface area (TPSA) is 29.4 Å². The van der Waals surface area contributed by atoms with E-state index in [1.165, 1.54) is 18.2 Å². The SMILES string of the molecule is O=C=NC1(c2c(F)ccc(Br)c2F)CCCC1. The van der Waals surface area contributed by atoms with Crippen molar-refractivity contribution in [2.45, 2.75) is 31.2 Å². The lowest BCUT2D eigenvalue weighted by molar-refractivity contribution is 0.403. The van der Waals surface area contributed by atoms with Gasteiger partial charge in [0.05, 0.1) is 10.0 Å². The molecule has 1 fully saturated rings. The van der Waals surface area contributed by atoms with Gasteiger partial charge in [0.1, 0.15) is 17.2 Å². The molecule has 1 aliphatic carbocycles. The number of nitrogens with zero attached hydrogens (tertiary/aromatic N) is 1. The fourth-order valence-electron chi connectivity index (χ4n) is 2.42. The van der Waals surface area contributed by atoms with Gasteiger partial charge in [0, 0.05) is 0 Å². The zero-order valence-electron chi connectivity index (χ0n) is 8.97. The van der Waals surface area contributed by atoms with Crippen LogP contribution in [0.3, 0.4) is 0 Å². The van der Waals surface area contributed by atoms with Gasteiger partial charge in [-0.1, -0.05) is 12.8 Å². The fourth-order valence-corrected chi connectivity index (χ4v) is 2.75. The Kier molecular flexibility index (Phi) is 3.40. The first kappa shape index (κ1) is 12.4. The van der Waals surface area contributed by atoms with Gasteiger partial charge in [0.2, 0.25) is 6.08 Å². The van der Waals surface area contributed by atoms with Crippen molar-refractivity contribution in [3.63, 3.8) is 0 Å². The van der Waals surface area contributed by atoms with Crippen LogP contribution in [-0.4, -0.2) is 6.08 Å². The lowest BCUT2D eigenvalue weighted by atomic mass is 9.88. The molecule has 0 heterocycles. The maximum atomic E-state index is 14.0. The number of carbonyl (C=O) groups excluding carboxylic acids is 1. The minimum Gasteiger partial charge on any atom is -0.211 e. The van der Waals surface area contributed by atoms with Crippen LogP contribution in [-0.2, 0) is 10.3 Å². The number of hydrogen-bond acceptors (Lipinski definition) is 2. The number of aliphatic imine (C=N–C) groups is 1. The van der Waals surface area contributed by atoms with Crippen LogP contribution in [0.15, 0.2) is 21.6 Å². The third kappa shape index (κ3) is 2.05. The number of rotatable bonds is 2. The first-order valence-corrected chi connectivity index (χ1v) is 6.13. The molecule has 0 spiro atoms. The van der Waals surface area contributed by atoms with E-state index in [0.29, 0.717) is 12.8 Å². The summed E-state index contributed by atoms with van der Waals surface area (Å²) in [7, 11) is 0. The molecule has 0 amide bonds. The predicted octanol–water partition coefficient (Wildman–Crippen LogP) is 3.83. The summed E-state index contributed by atoms with van der Waals surface area (Å²) in [5.41, 5.74) is -1.19. The van der Waals surface area contributed by atoms with Gasteiger partial charge in [-0.25, -0.2) is 13.6 Å². The van der Waals surface area contributed by atoms with Gasteiger partial charge in [-0.05, 0) is 40.9 Å². The minimum absolute atomic E-state index is 0.118. The lowest BCUT2D eigenvalue weighted by Crippen LogP contribution is -2.22. The van der Waals surface area contributed by atoms with Gasteiger partial charge in [-0.3, -0.25) is 0 Å². The molecule has 0 unspecified atom stereocenters. The minimum atomic E-state index is -1.07. The second-order valence-corrected chi connectivity index (χ2v) is 5.01. The molecule has 0 atom stereocenters. The smallest absolute Gasteiger partial charge is 0.211 e. The van der Waals surface area contributed by atoms with Crippen molar-refractivity contribution < 1.29 is 13.6 Å². The molecule has 1 aromatic carbocycles. The quantitative estimate of drug-likeness (QED) is 0.464. The van der Waals surface area contributed by atoms with Crippen molar-refractivity contribution in [3.8, 4) is 0 Å². The largest absolute Gasteiger partial charge is 0.235 e. The molecule has 90 valence electrons. The van der Waals surface area contributed by atoms with Crippen LogP contribution in [0.1, 0.15) is 31.2 Å². The van der Waals surface area contributed by atoms with Crippen LogP contribution in [0.25, 0.3) is 0 Å². The molecule has 0 N–H and O–H groups in total. The Balaban J connectivity index is 2.65. The highest BCUT2D eigenvalue weighted by molar-refractivity contribution is 9.10. The maximum absolute atomic E-state index is 14.0. The maximum Gasteiger partial charge on any atom is 0.235 e. The van der Waals surface area contributed by atoms with E-state index in [1.54, 1.807) is 0 Å². The Morgan fingerprint density at radius 2 is 1.94 bits per heavy atom. The molecule has 5 heteroatoms. The van der Waals surface area contributed by atoms with Crippen LogP contribution < -0.4 is 0 Å². The van der Waals surface area contributed by atoms with E-state index in [9.17, 15) is 13.6 Å². The van der Waals surface area contributed by atoms with Crippen molar-refractivity contribution >= 4 is 22.0 Å². The normalized spacial score (nSPS) is 17.8. The van der Waals surface area contributed by atoms with Gasteiger partial charge in [0.15, 0.2) is 0 Å². The Bertz CT molecular complexity index is 492. The van der Waals surface area contributed by atoms with Crippen LogP contribution in [0.4, 0.5) is 8.78 Å². The molecule has 0 bridgehead atoms. The zero-order valence-corrected chi connectivity index (χ0v) is 10.6. The molecule has 1 saturated carbocycles. The lowest BCUT2D eigenvalue weighted by Gasteiger charge is -2.24. The second-order valence-electron chi connectivity index (χ2n) is 4.16. The monoisotopic (exact) mass is 301 g/mol. The van der Waals surface area contributed by atoms with Crippen molar-refractivity contribution in [3.05, 3.63) is 33.8 Å². The Labute approximate surface area is 106 Å². The molecule has 17 heavy (non-hydrogen) atoms. The van der Waals surface area contributed by atoms with Crippen molar-refractivity contribution in [1.29, 1.82) is 0 Å². The molecular weight excluding hydrogens is 292 g/mol. The summed E-state index contributed by atoms with van der Waals surface area (Å²) >= 11 is 3.02. The summed E-state index contributed by atoms with van der Waals surface area (Å²) in [4.78, 5) is 14.2.